The van der Waals surface area contributed by atoms with E-state index in [1.807, 2.05) is 0 Å². The van der Waals surface area contributed by atoms with Gasteiger partial charge in [-0.25, -0.2) is 0 Å². The minimum Gasteiger partial charge on any atom is -0.369 e. The molecule has 108 valence electrons. The molecule has 5 nitrogen and oxygen atoms in total. The molecule has 1 saturated heterocycles. The maximum absolute atomic E-state index is 12.2. The third-order valence-corrected chi connectivity index (χ3v) is 4.57. The molecule has 0 aromatic rings. The second-order valence-corrected chi connectivity index (χ2v) is 6.04. The molecule has 2 rings (SSSR count). The zero-order valence-electron chi connectivity index (χ0n) is 11.7. The number of nitrogens with one attached hydrogen (secondary N) is 1. The van der Waals surface area contributed by atoms with Crippen molar-refractivity contribution in [3.63, 3.8) is 0 Å². The molecule has 2 aliphatic rings. The molecule has 1 heterocycles. The van der Waals surface area contributed by atoms with Gasteiger partial charge in [0.2, 0.25) is 11.8 Å². The van der Waals surface area contributed by atoms with Crippen LogP contribution in [0.4, 0.5) is 0 Å². The van der Waals surface area contributed by atoms with Gasteiger partial charge in [0.25, 0.3) is 0 Å². The molecule has 1 aliphatic carbocycles. The number of piperidine rings is 1. The first-order valence-electron chi connectivity index (χ1n) is 7.34. The van der Waals surface area contributed by atoms with Crippen LogP contribution in [0.2, 0.25) is 0 Å². The van der Waals surface area contributed by atoms with Crippen molar-refractivity contribution in [1.29, 1.82) is 0 Å². The fourth-order valence-electron chi connectivity index (χ4n) is 3.11. The normalized spacial score (nSPS) is 29.9. The maximum Gasteiger partial charge on any atom is 0.223 e. The molecule has 2 fully saturated rings. The van der Waals surface area contributed by atoms with Gasteiger partial charge in [-0.1, -0.05) is 0 Å². The van der Waals surface area contributed by atoms with E-state index in [0.29, 0.717) is 6.04 Å². The fourth-order valence-corrected chi connectivity index (χ4v) is 3.11. The van der Waals surface area contributed by atoms with Crippen LogP contribution in [0.3, 0.4) is 0 Å². The second-order valence-electron chi connectivity index (χ2n) is 6.04. The number of primary amides is 1. The maximum atomic E-state index is 12.2. The van der Waals surface area contributed by atoms with E-state index in [4.69, 9.17) is 5.73 Å². The summed E-state index contributed by atoms with van der Waals surface area (Å²) in [5, 5.41) is 3.17. The predicted molar refractivity (Wildman–Crippen MR) is 73.3 cm³/mol. The summed E-state index contributed by atoms with van der Waals surface area (Å²) in [6.45, 7) is 2.11. The van der Waals surface area contributed by atoms with Crippen LogP contribution in [0.25, 0.3) is 0 Å². The van der Waals surface area contributed by atoms with E-state index in [-0.39, 0.29) is 23.7 Å². The van der Waals surface area contributed by atoms with E-state index in [1.165, 1.54) is 0 Å². The van der Waals surface area contributed by atoms with Crippen LogP contribution in [0.15, 0.2) is 0 Å². The largest absolute Gasteiger partial charge is 0.369 e. The number of nitrogens with two attached hydrogens (primary N) is 1. The average molecular weight is 267 g/mol. The van der Waals surface area contributed by atoms with Crippen molar-refractivity contribution in [3.8, 4) is 0 Å². The Balaban J connectivity index is 1.74. The Hall–Kier alpha value is -1.10. The van der Waals surface area contributed by atoms with Gasteiger partial charge in [-0.15, -0.1) is 0 Å². The third-order valence-electron chi connectivity index (χ3n) is 4.57. The number of hydrogen-bond acceptors (Lipinski definition) is 3. The Morgan fingerprint density at radius 3 is 2.05 bits per heavy atom. The predicted octanol–water partition coefficient (Wildman–Crippen LogP) is 0.489. The van der Waals surface area contributed by atoms with E-state index in [2.05, 4.69) is 17.3 Å². The van der Waals surface area contributed by atoms with Crippen LogP contribution >= 0.6 is 0 Å². The number of nitrogens with zero attached hydrogens (tertiary/aromatic N) is 1. The lowest BCUT2D eigenvalue weighted by atomic mass is 9.81. The molecule has 0 bridgehead atoms. The van der Waals surface area contributed by atoms with E-state index < -0.39 is 0 Å². The summed E-state index contributed by atoms with van der Waals surface area (Å²) in [6.07, 6.45) is 5.21. The molecular weight excluding hydrogens is 242 g/mol. The third kappa shape index (κ3) is 3.93. The van der Waals surface area contributed by atoms with Crippen LogP contribution < -0.4 is 11.1 Å². The van der Waals surface area contributed by atoms with Crippen LogP contribution in [0.1, 0.15) is 38.5 Å². The number of amides is 2. The highest BCUT2D eigenvalue weighted by Crippen LogP contribution is 2.29. The number of hydrogen-bond donors (Lipinski definition) is 2. The highest BCUT2D eigenvalue weighted by Gasteiger charge is 2.30. The quantitative estimate of drug-likeness (QED) is 0.781. The van der Waals surface area contributed by atoms with Crippen LogP contribution in [0.5, 0.6) is 0 Å². The summed E-state index contributed by atoms with van der Waals surface area (Å²) in [4.78, 5) is 25.6. The molecule has 2 amide bonds. The molecule has 0 unspecified atom stereocenters. The first-order valence-corrected chi connectivity index (χ1v) is 7.34. The number of carbonyl (C=O) groups is 2. The first-order chi connectivity index (χ1) is 9.06. The topological polar surface area (TPSA) is 75.4 Å². The monoisotopic (exact) mass is 267 g/mol. The Labute approximate surface area is 114 Å². The van der Waals surface area contributed by atoms with Crippen molar-refractivity contribution < 1.29 is 9.59 Å². The van der Waals surface area contributed by atoms with Crippen molar-refractivity contribution in [2.45, 2.75) is 44.6 Å². The molecule has 5 heteroatoms. The molecule has 0 aromatic heterocycles. The van der Waals surface area contributed by atoms with Gasteiger partial charge in [-0.2, -0.15) is 0 Å². The van der Waals surface area contributed by atoms with Gasteiger partial charge in [0.05, 0.1) is 0 Å². The first kappa shape index (κ1) is 14.3. The van der Waals surface area contributed by atoms with Crippen LogP contribution in [0, 0.1) is 11.8 Å². The van der Waals surface area contributed by atoms with Crippen molar-refractivity contribution in [3.05, 3.63) is 0 Å². The Kier molecular flexibility index (Phi) is 4.80. The Morgan fingerprint density at radius 1 is 1.00 bits per heavy atom. The van der Waals surface area contributed by atoms with Crippen molar-refractivity contribution in [2.75, 3.05) is 20.1 Å². The molecular formula is C14H25N3O2. The lowest BCUT2D eigenvalue weighted by molar-refractivity contribution is -0.129. The number of rotatable bonds is 3. The standard InChI is InChI=1S/C14H25N3O2/c1-17-8-6-12(7-9-17)16-14(19)11-4-2-10(3-5-11)13(15)18/h10-12H,2-9H2,1H3,(H2,15,18)(H,16,19). The molecule has 19 heavy (non-hydrogen) atoms. The molecule has 0 atom stereocenters. The SMILES string of the molecule is CN1CCC(NC(=O)C2CCC(C(N)=O)CC2)CC1. The summed E-state index contributed by atoms with van der Waals surface area (Å²) in [6, 6.07) is 0.331. The summed E-state index contributed by atoms with van der Waals surface area (Å²) < 4.78 is 0. The van der Waals surface area contributed by atoms with Crippen molar-refractivity contribution in [1.82, 2.24) is 10.2 Å². The fraction of sp³-hybridized carbons (Fsp3) is 0.857. The number of likely N-dealkylation sites (tertiary alicyclic amines) is 1. The van der Waals surface area contributed by atoms with Gasteiger partial charge in [-0.3, -0.25) is 9.59 Å². The summed E-state index contributed by atoms with van der Waals surface area (Å²) in [5.74, 6) is 0.0225. The van der Waals surface area contributed by atoms with E-state index in [9.17, 15) is 9.59 Å². The minimum atomic E-state index is -0.214. The van der Waals surface area contributed by atoms with Gasteiger partial charge in [0.1, 0.15) is 0 Å². The second kappa shape index (κ2) is 6.37. The smallest absolute Gasteiger partial charge is 0.223 e. The van der Waals surface area contributed by atoms with E-state index >= 15 is 0 Å². The molecule has 0 aromatic carbocycles. The summed E-state index contributed by atoms with van der Waals surface area (Å²) in [5.41, 5.74) is 5.31. The lowest BCUT2D eigenvalue weighted by Gasteiger charge is -2.32. The summed E-state index contributed by atoms with van der Waals surface area (Å²) >= 11 is 0. The summed E-state index contributed by atoms with van der Waals surface area (Å²) in [7, 11) is 2.11. The zero-order chi connectivity index (χ0) is 13.8. The Bertz CT molecular complexity index is 330. The molecule has 0 spiro atoms. The molecule has 1 aliphatic heterocycles. The van der Waals surface area contributed by atoms with E-state index in [1.54, 1.807) is 0 Å². The molecule has 3 N–H and O–H groups in total. The average Bonchev–Trinajstić information content (AvgIpc) is 2.41. The van der Waals surface area contributed by atoms with Gasteiger partial charge in [0, 0.05) is 17.9 Å². The molecule has 1 saturated carbocycles. The van der Waals surface area contributed by atoms with E-state index in [0.717, 1.165) is 51.6 Å². The van der Waals surface area contributed by atoms with Gasteiger partial charge >= 0.3 is 0 Å². The highest BCUT2D eigenvalue weighted by molar-refractivity contribution is 5.80. The van der Waals surface area contributed by atoms with Crippen LogP contribution in [-0.2, 0) is 9.59 Å². The minimum absolute atomic E-state index is 0.0209. The van der Waals surface area contributed by atoms with Gasteiger partial charge in [-0.05, 0) is 58.7 Å². The highest BCUT2D eigenvalue weighted by atomic mass is 16.2. The Morgan fingerprint density at radius 2 is 1.53 bits per heavy atom. The van der Waals surface area contributed by atoms with Gasteiger partial charge < -0.3 is 16.0 Å². The van der Waals surface area contributed by atoms with Crippen molar-refractivity contribution in [2.24, 2.45) is 17.6 Å². The lowest BCUT2D eigenvalue weighted by Crippen LogP contribution is -2.46. The van der Waals surface area contributed by atoms with Crippen molar-refractivity contribution >= 4 is 11.8 Å². The van der Waals surface area contributed by atoms with Crippen LogP contribution in [-0.4, -0.2) is 42.9 Å². The number of carbonyl (C=O) groups excluding carboxylic acids is 2. The zero-order valence-corrected chi connectivity index (χ0v) is 11.7. The molecule has 0 radical (unpaired) electrons. The van der Waals surface area contributed by atoms with Gasteiger partial charge in [0.15, 0.2) is 0 Å².